The molecule has 130 valence electrons. The highest BCUT2D eigenvalue weighted by Crippen LogP contribution is 2.33. The van der Waals surface area contributed by atoms with E-state index in [4.69, 9.17) is 0 Å². The Morgan fingerprint density at radius 1 is 1.12 bits per heavy atom. The van der Waals surface area contributed by atoms with Crippen LogP contribution in [-0.4, -0.2) is 32.3 Å². The standard InChI is InChI=1S/C20H20O5/c1-12(2)19(24)11-16-18(23)10-8-15(20(16)25)17(22)9-5-13-3-6-14(21)7-4-13/h3-10,19,21,23-25H,1,11H2,2H3. The van der Waals surface area contributed by atoms with Crippen LogP contribution in [0.5, 0.6) is 17.2 Å². The van der Waals surface area contributed by atoms with Crippen molar-refractivity contribution in [2.45, 2.75) is 19.4 Å². The molecule has 5 heteroatoms. The lowest BCUT2D eigenvalue weighted by molar-refractivity contribution is 0.104. The first kappa shape index (κ1) is 18.3. The van der Waals surface area contributed by atoms with Crippen molar-refractivity contribution in [1.29, 1.82) is 0 Å². The van der Waals surface area contributed by atoms with Crippen LogP contribution in [0.1, 0.15) is 28.4 Å². The van der Waals surface area contributed by atoms with Crippen molar-refractivity contribution in [1.82, 2.24) is 0 Å². The Morgan fingerprint density at radius 2 is 1.76 bits per heavy atom. The zero-order valence-electron chi connectivity index (χ0n) is 13.8. The molecule has 1 atom stereocenters. The van der Waals surface area contributed by atoms with Crippen LogP contribution in [0.3, 0.4) is 0 Å². The van der Waals surface area contributed by atoms with Crippen molar-refractivity contribution >= 4 is 11.9 Å². The number of hydrogen-bond acceptors (Lipinski definition) is 5. The van der Waals surface area contributed by atoms with Crippen LogP contribution in [0.2, 0.25) is 0 Å². The van der Waals surface area contributed by atoms with E-state index in [-0.39, 0.29) is 34.8 Å². The van der Waals surface area contributed by atoms with E-state index in [0.717, 1.165) is 0 Å². The van der Waals surface area contributed by atoms with E-state index in [1.807, 2.05) is 0 Å². The summed E-state index contributed by atoms with van der Waals surface area (Å²) >= 11 is 0. The largest absolute Gasteiger partial charge is 0.508 e. The number of rotatable bonds is 6. The van der Waals surface area contributed by atoms with Crippen LogP contribution < -0.4 is 0 Å². The molecule has 0 radical (unpaired) electrons. The van der Waals surface area contributed by atoms with E-state index in [0.29, 0.717) is 11.1 Å². The maximum Gasteiger partial charge on any atom is 0.189 e. The summed E-state index contributed by atoms with van der Waals surface area (Å²) < 4.78 is 0. The number of aliphatic hydroxyl groups is 1. The minimum absolute atomic E-state index is 0.0248. The van der Waals surface area contributed by atoms with Gasteiger partial charge in [0.2, 0.25) is 0 Å². The summed E-state index contributed by atoms with van der Waals surface area (Å²) in [4.78, 5) is 12.3. The van der Waals surface area contributed by atoms with Gasteiger partial charge >= 0.3 is 0 Å². The molecule has 4 N–H and O–H groups in total. The average Bonchev–Trinajstić information content (AvgIpc) is 2.57. The van der Waals surface area contributed by atoms with Gasteiger partial charge < -0.3 is 20.4 Å². The quantitative estimate of drug-likeness (QED) is 0.368. The second-order valence-corrected chi connectivity index (χ2v) is 5.81. The van der Waals surface area contributed by atoms with Crippen molar-refractivity contribution in [2.24, 2.45) is 0 Å². The van der Waals surface area contributed by atoms with Gasteiger partial charge in [0, 0.05) is 12.0 Å². The highest BCUT2D eigenvalue weighted by molar-refractivity contribution is 6.09. The fraction of sp³-hybridized carbons (Fsp3) is 0.150. The molecule has 0 saturated carbocycles. The van der Waals surface area contributed by atoms with Crippen molar-refractivity contribution in [3.8, 4) is 17.2 Å². The number of carbonyl (C=O) groups is 1. The summed E-state index contributed by atoms with van der Waals surface area (Å²) in [6.07, 6.45) is 1.86. The minimum atomic E-state index is -0.935. The fourth-order valence-corrected chi connectivity index (χ4v) is 2.24. The molecule has 0 fully saturated rings. The molecule has 5 nitrogen and oxygen atoms in total. The molecular weight excluding hydrogens is 320 g/mol. The lowest BCUT2D eigenvalue weighted by Gasteiger charge is -2.14. The Kier molecular flexibility index (Phi) is 5.62. The topological polar surface area (TPSA) is 98.0 Å². The zero-order chi connectivity index (χ0) is 18.6. The van der Waals surface area contributed by atoms with E-state index in [2.05, 4.69) is 6.58 Å². The number of hydrogen-bond donors (Lipinski definition) is 4. The first-order chi connectivity index (χ1) is 11.8. The Hall–Kier alpha value is -3.05. The van der Waals surface area contributed by atoms with Gasteiger partial charge in [-0.05, 0) is 42.8 Å². The second kappa shape index (κ2) is 7.68. The number of ketones is 1. The third kappa shape index (κ3) is 4.49. The molecule has 1 unspecified atom stereocenters. The summed E-state index contributed by atoms with van der Waals surface area (Å²) in [5.41, 5.74) is 1.32. The maximum absolute atomic E-state index is 12.3. The van der Waals surface area contributed by atoms with E-state index in [1.54, 1.807) is 25.1 Å². The van der Waals surface area contributed by atoms with Gasteiger partial charge in [0.15, 0.2) is 5.78 Å². The van der Waals surface area contributed by atoms with Crippen molar-refractivity contribution in [2.75, 3.05) is 0 Å². The third-order valence-electron chi connectivity index (χ3n) is 3.81. The zero-order valence-corrected chi connectivity index (χ0v) is 13.8. The minimum Gasteiger partial charge on any atom is -0.508 e. The van der Waals surface area contributed by atoms with Crippen LogP contribution in [0.15, 0.2) is 54.6 Å². The molecule has 0 amide bonds. The second-order valence-electron chi connectivity index (χ2n) is 5.81. The van der Waals surface area contributed by atoms with Crippen molar-refractivity contribution < 1.29 is 25.2 Å². The van der Waals surface area contributed by atoms with E-state index in [1.165, 1.54) is 30.3 Å². The predicted molar refractivity (Wildman–Crippen MR) is 95.8 cm³/mol. The number of allylic oxidation sites excluding steroid dienone is 1. The highest BCUT2D eigenvalue weighted by atomic mass is 16.3. The van der Waals surface area contributed by atoms with Gasteiger partial charge in [0.1, 0.15) is 17.2 Å². The number of aliphatic hydroxyl groups excluding tert-OH is 1. The normalized spacial score (nSPS) is 12.2. The van der Waals surface area contributed by atoms with Crippen LogP contribution in [-0.2, 0) is 6.42 Å². The number of phenols is 3. The van der Waals surface area contributed by atoms with Crippen LogP contribution >= 0.6 is 0 Å². The Morgan fingerprint density at radius 3 is 2.36 bits per heavy atom. The first-order valence-electron chi connectivity index (χ1n) is 7.68. The molecule has 0 aliphatic carbocycles. The molecule has 0 aliphatic heterocycles. The number of phenolic OH excluding ortho intramolecular Hbond substituents is 3. The summed E-state index contributed by atoms with van der Waals surface area (Å²) in [6, 6.07) is 8.92. The molecule has 2 rings (SSSR count). The van der Waals surface area contributed by atoms with Crippen molar-refractivity contribution in [3.05, 3.63) is 71.3 Å². The Balaban J connectivity index is 2.27. The van der Waals surface area contributed by atoms with Gasteiger partial charge in [0.25, 0.3) is 0 Å². The molecule has 0 heterocycles. The van der Waals surface area contributed by atoms with Crippen LogP contribution in [0, 0.1) is 0 Å². The summed E-state index contributed by atoms with van der Waals surface area (Å²) in [5.74, 6) is -0.880. The van der Waals surface area contributed by atoms with E-state index < -0.39 is 11.9 Å². The smallest absolute Gasteiger partial charge is 0.189 e. The predicted octanol–water partition coefficient (Wildman–Crippen LogP) is 3.18. The molecule has 2 aromatic rings. The van der Waals surface area contributed by atoms with Gasteiger partial charge in [-0.25, -0.2) is 0 Å². The van der Waals surface area contributed by atoms with Crippen LogP contribution in [0.25, 0.3) is 6.08 Å². The monoisotopic (exact) mass is 340 g/mol. The summed E-state index contributed by atoms with van der Waals surface area (Å²) in [7, 11) is 0. The van der Waals surface area contributed by atoms with Gasteiger partial charge in [0.05, 0.1) is 11.7 Å². The molecule has 0 aromatic heterocycles. The lowest BCUT2D eigenvalue weighted by atomic mass is 9.97. The van der Waals surface area contributed by atoms with Gasteiger partial charge in [-0.15, -0.1) is 0 Å². The van der Waals surface area contributed by atoms with Crippen LogP contribution in [0.4, 0.5) is 0 Å². The molecule has 0 aliphatic rings. The Bertz CT molecular complexity index is 819. The third-order valence-corrected chi connectivity index (χ3v) is 3.81. The average molecular weight is 340 g/mol. The molecule has 0 bridgehead atoms. The molecule has 0 spiro atoms. The maximum atomic E-state index is 12.3. The van der Waals surface area contributed by atoms with Gasteiger partial charge in [-0.2, -0.15) is 0 Å². The number of aromatic hydroxyl groups is 3. The molecular formula is C20H20O5. The Labute approximate surface area is 145 Å². The van der Waals surface area contributed by atoms with Gasteiger partial charge in [-0.1, -0.05) is 30.4 Å². The summed E-state index contributed by atoms with van der Waals surface area (Å²) in [6.45, 7) is 5.26. The molecule has 0 saturated heterocycles. The number of carbonyl (C=O) groups excluding carboxylic acids is 1. The highest BCUT2D eigenvalue weighted by Gasteiger charge is 2.19. The molecule has 2 aromatic carbocycles. The lowest BCUT2D eigenvalue weighted by Crippen LogP contribution is -2.12. The SMILES string of the molecule is C=C(C)C(O)Cc1c(O)ccc(C(=O)C=Cc2ccc(O)cc2)c1O. The summed E-state index contributed by atoms with van der Waals surface area (Å²) in [5, 5.41) is 39.4. The van der Waals surface area contributed by atoms with Gasteiger partial charge in [-0.3, -0.25) is 4.79 Å². The first-order valence-corrected chi connectivity index (χ1v) is 7.68. The van der Waals surface area contributed by atoms with E-state index >= 15 is 0 Å². The number of benzene rings is 2. The van der Waals surface area contributed by atoms with E-state index in [9.17, 15) is 25.2 Å². The fourth-order valence-electron chi connectivity index (χ4n) is 2.24. The van der Waals surface area contributed by atoms with Crippen molar-refractivity contribution in [3.63, 3.8) is 0 Å². The molecule has 25 heavy (non-hydrogen) atoms.